The summed E-state index contributed by atoms with van der Waals surface area (Å²) in [5, 5.41) is 3.00. The molecule has 1 heterocycles. The van der Waals surface area contributed by atoms with E-state index >= 15 is 0 Å². The molecule has 0 saturated carbocycles. The van der Waals surface area contributed by atoms with Crippen molar-refractivity contribution in [2.45, 2.75) is 25.9 Å². The fourth-order valence-corrected chi connectivity index (χ4v) is 0.984. The van der Waals surface area contributed by atoms with Gasteiger partial charge in [0.25, 0.3) is 0 Å². The summed E-state index contributed by atoms with van der Waals surface area (Å²) < 4.78 is 10.7. The molecule has 0 aliphatic rings. The smallest absolute Gasteiger partial charge is 0.393 e. The Morgan fingerprint density at radius 1 is 1.50 bits per heavy atom. The van der Waals surface area contributed by atoms with Crippen molar-refractivity contribution in [2.24, 2.45) is 0 Å². The maximum atomic E-state index is 5.51. The summed E-state index contributed by atoms with van der Waals surface area (Å²) in [6.07, 6.45) is 1.94. The number of hydrogen-bond acceptors (Lipinski definition) is 5. The van der Waals surface area contributed by atoms with Crippen molar-refractivity contribution >= 4 is 0 Å². The summed E-state index contributed by atoms with van der Waals surface area (Å²) >= 11 is 0. The SMILES string of the molecule is CNCc1coc(OCC(C)(C)N(C)C)n1. The molecule has 92 valence electrons. The van der Waals surface area contributed by atoms with Gasteiger partial charge in [0.05, 0.1) is 5.69 Å². The van der Waals surface area contributed by atoms with Crippen molar-refractivity contribution < 1.29 is 9.15 Å². The second-order valence-electron chi connectivity index (χ2n) is 4.63. The maximum Gasteiger partial charge on any atom is 0.393 e. The standard InChI is InChI=1S/C11H21N3O2/c1-11(2,14(4)5)8-16-10-13-9(6-12-3)7-15-10/h7,12H,6,8H2,1-5H3. The Hall–Kier alpha value is -1.07. The molecule has 0 spiro atoms. The van der Waals surface area contributed by atoms with E-state index in [1.165, 1.54) is 0 Å². The van der Waals surface area contributed by atoms with Crippen molar-refractivity contribution in [3.05, 3.63) is 12.0 Å². The summed E-state index contributed by atoms with van der Waals surface area (Å²) in [6, 6.07) is 0. The minimum atomic E-state index is -0.0440. The molecule has 1 aromatic rings. The van der Waals surface area contributed by atoms with Gasteiger partial charge in [-0.15, -0.1) is 0 Å². The van der Waals surface area contributed by atoms with Crippen LogP contribution in [0.3, 0.4) is 0 Å². The van der Waals surface area contributed by atoms with Gasteiger partial charge < -0.3 is 19.4 Å². The third kappa shape index (κ3) is 3.50. The first kappa shape index (κ1) is 13.0. The summed E-state index contributed by atoms with van der Waals surface area (Å²) in [7, 11) is 5.90. The van der Waals surface area contributed by atoms with E-state index in [4.69, 9.17) is 9.15 Å². The molecule has 0 aliphatic carbocycles. The fraction of sp³-hybridized carbons (Fsp3) is 0.727. The van der Waals surface area contributed by atoms with E-state index in [0.717, 1.165) is 5.69 Å². The van der Waals surface area contributed by atoms with Crippen LogP contribution in [0.2, 0.25) is 0 Å². The van der Waals surface area contributed by atoms with Crippen molar-refractivity contribution in [1.82, 2.24) is 15.2 Å². The van der Waals surface area contributed by atoms with Crippen LogP contribution in [0.5, 0.6) is 6.08 Å². The first-order valence-corrected chi connectivity index (χ1v) is 5.35. The van der Waals surface area contributed by atoms with E-state index < -0.39 is 0 Å². The second kappa shape index (κ2) is 5.32. The van der Waals surface area contributed by atoms with Gasteiger partial charge in [-0.25, -0.2) is 0 Å². The average Bonchev–Trinajstić information content (AvgIpc) is 2.63. The number of nitrogens with zero attached hydrogens (tertiary/aromatic N) is 2. The summed E-state index contributed by atoms with van der Waals surface area (Å²) in [5.74, 6) is 0. The third-order valence-corrected chi connectivity index (χ3v) is 2.65. The zero-order chi connectivity index (χ0) is 12.2. The van der Waals surface area contributed by atoms with E-state index in [2.05, 4.69) is 29.0 Å². The first-order valence-electron chi connectivity index (χ1n) is 5.35. The van der Waals surface area contributed by atoms with Crippen LogP contribution < -0.4 is 10.1 Å². The largest absolute Gasteiger partial charge is 0.448 e. The van der Waals surface area contributed by atoms with E-state index in [0.29, 0.717) is 19.2 Å². The van der Waals surface area contributed by atoms with Crippen LogP contribution in [0, 0.1) is 0 Å². The number of nitrogens with one attached hydrogen (secondary N) is 1. The Morgan fingerprint density at radius 3 is 2.75 bits per heavy atom. The second-order valence-corrected chi connectivity index (χ2v) is 4.63. The van der Waals surface area contributed by atoms with Crippen LogP contribution in [0.15, 0.2) is 10.7 Å². The molecular formula is C11H21N3O2. The van der Waals surface area contributed by atoms with Crippen molar-refractivity contribution in [3.63, 3.8) is 0 Å². The van der Waals surface area contributed by atoms with Gasteiger partial charge in [-0.2, -0.15) is 4.98 Å². The molecule has 5 nitrogen and oxygen atoms in total. The highest BCUT2D eigenvalue weighted by Gasteiger charge is 2.22. The number of ether oxygens (including phenoxy) is 1. The highest BCUT2D eigenvalue weighted by Crippen LogP contribution is 2.15. The lowest BCUT2D eigenvalue weighted by molar-refractivity contribution is 0.0928. The molecule has 16 heavy (non-hydrogen) atoms. The molecule has 0 atom stereocenters. The number of oxazole rings is 1. The van der Waals surface area contributed by atoms with Crippen LogP contribution in [0.4, 0.5) is 0 Å². The van der Waals surface area contributed by atoms with Gasteiger partial charge in [0, 0.05) is 12.1 Å². The molecule has 0 saturated heterocycles. The normalized spacial score (nSPS) is 12.1. The lowest BCUT2D eigenvalue weighted by Gasteiger charge is -2.31. The zero-order valence-electron chi connectivity index (χ0n) is 10.7. The predicted molar refractivity (Wildman–Crippen MR) is 62.5 cm³/mol. The summed E-state index contributed by atoms with van der Waals surface area (Å²) in [4.78, 5) is 6.29. The van der Waals surface area contributed by atoms with E-state index in [-0.39, 0.29) is 5.54 Å². The first-order chi connectivity index (χ1) is 7.45. The van der Waals surface area contributed by atoms with Crippen LogP contribution in [-0.2, 0) is 6.54 Å². The average molecular weight is 227 g/mol. The van der Waals surface area contributed by atoms with Gasteiger partial charge in [0.2, 0.25) is 0 Å². The predicted octanol–water partition coefficient (Wildman–Crippen LogP) is 1.11. The van der Waals surface area contributed by atoms with Gasteiger partial charge in [0.1, 0.15) is 12.9 Å². The number of rotatable bonds is 6. The Bertz CT molecular complexity index is 321. The van der Waals surface area contributed by atoms with Crippen LogP contribution in [0.1, 0.15) is 19.5 Å². The summed E-state index contributed by atoms with van der Waals surface area (Å²) in [6.45, 7) is 5.43. The van der Waals surface area contributed by atoms with Crippen LogP contribution >= 0.6 is 0 Å². The molecule has 1 aromatic heterocycles. The molecule has 1 rings (SSSR count). The Balaban J connectivity index is 2.48. The van der Waals surface area contributed by atoms with Gasteiger partial charge in [-0.05, 0) is 35.0 Å². The van der Waals surface area contributed by atoms with Crippen molar-refractivity contribution in [3.8, 4) is 6.08 Å². The summed E-state index contributed by atoms with van der Waals surface area (Å²) in [5.41, 5.74) is 0.803. The Morgan fingerprint density at radius 2 is 2.19 bits per heavy atom. The molecule has 0 radical (unpaired) electrons. The van der Waals surface area contributed by atoms with Crippen LogP contribution in [0.25, 0.3) is 0 Å². The lowest BCUT2D eigenvalue weighted by Crippen LogP contribution is -2.43. The molecule has 0 bridgehead atoms. The molecule has 5 heteroatoms. The van der Waals surface area contributed by atoms with Crippen molar-refractivity contribution in [1.29, 1.82) is 0 Å². The third-order valence-electron chi connectivity index (χ3n) is 2.65. The quantitative estimate of drug-likeness (QED) is 0.789. The molecule has 0 fully saturated rings. The Kier molecular flexibility index (Phi) is 4.32. The molecule has 0 aromatic carbocycles. The van der Waals surface area contributed by atoms with Crippen LogP contribution in [-0.4, -0.2) is 43.2 Å². The van der Waals surface area contributed by atoms with E-state index in [9.17, 15) is 0 Å². The van der Waals surface area contributed by atoms with Gasteiger partial charge in [-0.3, -0.25) is 0 Å². The fourth-order valence-electron chi connectivity index (χ4n) is 0.984. The van der Waals surface area contributed by atoms with E-state index in [1.807, 2.05) is 21.1 Å². The molecule has 0 aliphatic heterocycles. The maximum absolute atomic E-state index is 5.51. The van der Waals surface area contributed by atoms with Gasteiger partial charge >= 0.3 is 6.08 Å². The molecular weight excluding hydrogens is 206 g/mol. The molecule has 0 unspecified atom stereocenters. The highest BCUT2D eigenvalue weighted by atomic mass is 16.6. The Labute approximate surface area is 96.8 Å². The van der Waals surface area contributed by atoms with Gasteiger partial charge in [-0.1, -0.05) is 0 Å². The molecule has 1 N–H and O–H groups in total. The van der Waals surface area contributed by atoms with Crippen molar-refractivity contribution in [2.75, 3.05) is 27.7 Å². The monoisotopic (exact) mass is 227 g/mol. The highest BCUT2D eigenvalue weighted by molar-refractivity contribution is 4.99. The minimum absolute atomic E-state index is 0.0440. The minimum Gasteiger partial charge on any atom is -0.448 e. The lowest BCUT2D eigenvalue weighted by atomic mass is 10.1. The van der Waals surface area contributed by atoms with E-state index in [1.54, 1.807) is 6.26 Å². The number of likely N-dealkylation sites (N-methyl/N-ethyl adjacent to an activating group) is 1. The zero-order valence-corrected chi connectivity index (χ0v) is 10.7. The molecule has 0 amide bonds. The topological polar surface area (TPSA) is 50.5 Å². The van der Waals surface area contributed by atoms with Gasteiger partial charge in [0.15, 0.2) is 0 Å². The number of aromatic nitrogens is 1. The number of hydrogen-bond donors (Lipinski definition) is 1.